The predicted octanol–water partition coefficient (Wildman–Crippen LogP) is 3.36. The molecule has 184 valence electrons. The monoisotopic (exact) mass is 488 g/mol. The van der Waals surface area contributed by atoms with Gasteiger partial charge in [-0.2, -0.15) is 0 Å². The molecule has 9 nitrogen and oxygen atoms in total. The van der Waals surface area contributed by atoms with Gasteiger partial charge >= 0.3 is 0 Å². The number of carbonyl (C=O) groups excluding carboxylic acids is 1. The Labute approximate surface area is 201 Å². The fraction of sp³-hybridized carbons (Fsp3) is 0.458. The molecule has 0 unspecified atom stereocenters. The molecule has 2 aromatic rings. The van der Waals surface area contributed by atoms with Crippen LogP contribution in [0.3, 0.4) is 0 Å². The van der Waals surface area contributed by atoms with Crippen LogP contribution < -0.4 is 9.62 Å². The highest BCUT2D eigenvalue weighted by molar-refractivity contribution is 7.92. The maximum absolute atomic E-state index is 13.1. The van der Waals surface area contributed by atoms with Crippen molar-refractivity contribution in [3.63, 3.8) is 0 Å². The molecule has 1 aliphatic heterocycles. The summed E-state index contributed by atoms with van der Waals surface area (Å²) in [5.74, 6) is -0.455. The first-order valence-electron chi connectivity index (χ1n) is 11.4. The smallest absolute Gasteiger partial charge is 0.271 e. The van der Waals surface area contributed by atoms with Crippen molar-refractivity contribution >= 4 is 27.3 Å². The Morgan fingerprint density at radius 3 is 2.47 bits per heavy atom. The van der Waals surface area contributed by atoms with Gasteiger partial charge in [0.1, 0.15) is 6.04 Å². The van der Waals surface area contributed by atoms with Crippen molar-refractivity contribution in [2.75, 3.05) is 23.7 Å². The highest BCUT2D eigenvalue weighted by atomic mass is 32.2. The molecule has 10 heteroatoms. The lowest BCUT2D eigenvalue weighted by Crippen LogP contribution is -2.49. The van der Waals surface area contributed by atoms with Crippen molar-refractivity contribution < 1.29 is 18.1 Å². The number of sulfonamides is 1. The zero-order chi connectivity index (χ0) is 24.9. The summed E-state index contributed by atoms with van der Waals surface area (Å²) in [6, 6.07) is 11.0. The van der Waals surface area contributed by atoms with E-state index in [1.807, 2.05) is 12.1 Å². The molecule has 0 radical (unpaired) electrons. The molecular weight excluding hydrogens is 456 g/mol. The van der Waals surface area contributed by atoms with Gasteiger partial charge in [-0.1, -0.05) is 37.3 Å². The highest BCUT2D eigenvalue weighted by Crippen LogP contribution is 2.30. The number of nitrogens with one attached hydrogen (secondary N) is 1. The van der Waals surface area contributed by atoms with Crippen LogP contribution in [0.15, 0.2) is 42.5 Å². The van der Waals surface area contributed by atoms with Crippen molar-refractivity contribution in [3.05, 3.63) is 69.3 Å². The molecule has 1 atom stereocenters. The van der Waals surface area contributed by atoms with Crippen molar-refractivity contribution in [2.45, 2.75) is 52.2 Å². The fourth-order valence-electron chi connectivity index (χ4n) is 4.33. The summed E-state index contributed by atoms with van der Waals surface area (Å²) >= 11 is 0. The molecule has 1 N–H and O–H groups in total. The maximum atomic E-state index is 13.1. The van der Waals surface area contributed by atoms with Crippen LogP contribution in [0, 0.1) is 17.0 Å². The Kier molecular flexibility index (Phi) is 8.27. The Balaban J connectivity index is 1.79. The van der Waals surface area contributed by atoms with Gasteiger partial charge in [-0.15, -0.1) is 0 Å². The zero-order valence-corrected chi connectivity index (χ0v) is 20.7. The van der Waals surface area contributed by atoms with Gasteiger partial charge in [-0.25, -0.2) is 8.42 Å². The number of anilines is 1. The molecule has 1 amide bonds. The number of benzene rings is 2. The molecule has 34 heavy (non-hydrogen) atoms. The van der Waals surface area contributed by atoms with Crippen LogP contribution in [0.25, 0.3) is 0 Å². The second-order valence-electron chi connectivity index (χ2n) is 8.73. The van der Waals surface area contributed by atoms with Crippen molar-refractivity contribution in [3.8, 4) is 0 Å². The molecule has 1 saturated heterocycles. The lowest BCUT2D eigenvalue weighted by molar-refractivity contribution is -0.384. The lowest BCUT2D eigenvalue weighted by atomic mass is 10.1. The summed E-state index contributed by atoms with van der Waals surface area (Å²) in [5.41, 5.74) is 2.52. The highest BCUT2D eigenvalue weighted by Gasteiger charge is 2.33. The number of nitrogens with zero attached hydrogens (tertiary/aromatic N) is 3. The second kappa shape index (κ2) is 11.0. The third-order valence-corrected chi connectivity index (χ3v) is 7.20. The largest absolute Gasteiger partial charge is 0.350 e. The minimum Gasteiger partial charge on any atom is -0.350 e. The van der Waals surface area contributed by atoms with Gasteiger partial charge < -0.3 is 5.32 Å². The number of nitro benzene ring substituents is 1. The first-order chi connectivity index (χ1) is 16.1. The van der Waals surface area contributed by atoms with Crippen LogP contribution in [0.1, 0.15) is 42.9 Å². The number of hydrogen-bond donors (Lipinski definition) is 1. The van der Waals surface area contributed by atoms with Crippen LogP contribution in [-0.2, 0) is 27.9 Å². The Morgan fingerprint density at radius 2 is 1.85 bits per heavy atom. The maximum Gasteiger partial charge on any atom is 0.271 e. The van der Waals surface area contributed by atoms with Gasteiger partial charge in [0.05, 0.1) is 16.9 Å². The molecule has 1 aliphatic rings. The summed E-state index contributed by atoms with van der Waals surface area (Å²) in [7, 11) is -3.90. The van der Waals surface area contributed by atoms with E-state index in [4.69, 9.17) is 0 Å². The summed E-state index contributed by atoms with van der Waals surface area (Å²) in [6.07, 6.45) is 3.64. The number of amides is 1. The topological polar surface area (TPSA) is 113 Å². The van der Waals surface area contributed by atoms with Crippen LogP contribution in [0.5, 0.6) is 0 Å². The van der Waals surface area contributed by atoms with Gasteiger partial charge in [0, 0.05) is 25.2 Å². The molecule has 0 spiro atoms. The van der Waals surface area contributed by atoms with E-state index in [1.165, 1.54) is 36.6 Å². The molecular formula is C24H32N4O5S. The molecule has 1 fully saturated rings. The number of rotatable bonds is 10. The van der Waals surface area contributed by atoms with Crippen molar-refractivity contribution in [1.82, 2.24) is 10.2 Å². The van der Waals surface area contributed by atoms with Crippen LogP contribution >= 0.6 is 0 Å². The SMILES string of the molecule is CC[C@@H](C(=O)NCc1cccc(CN2CCCC2)c1)N(c1cc([N+](=O)[O-])ccc1C)S(C)(=O)=O. The lowest BCUT2D eigenvalue weighted by Gasteiger charge is -2.31. The molecule has 3 rings (SSSR count). The van der Waals surface area contributed by atoms with E-state index in [0.717, 1.165) is 35.8 Å². The normalized spacial score (nSPS) is 15.1. The Hall–Kier alpha value is -2.98. The number of hydrogen-bond acceptors (Lipinski definition) is 6. The fourth-order valence-corrected chi connectivity index (χ4v) is 5.59. The second-order valence-corrected chi connectivity index (χ2v) is 10.6. The first kappa shape index (κ1) is 25.6. The van der Waals surface area contributed by atoms with E-state index in [1.54, 1.807) is 13.8 Å². The first-order valence-corrected chi connectivity index (χ1v) is 13.3. The van der Waals surface area contributed by atoms with E-state index < -0.39 is 26.9 Å². The summed E-state index contributed by atoms with van der Waals surface area (Å²) in [5, 5.41) is 14.1. The number of non-ortho nitro benzene ring substituents is 1. The quantitative estimate of drug-likeness (QED) is 0.405. The van der Waals surface area contributed by atoms with Gasteiger partial charge in [-0.05, 0) is 56.0 Å². The van der Waals surface area contributed by atoms with Gasteiger partial charge in [-0.3, -0.25) is 24.1 Å². The summed E-state index contributed by atoms with van der Waals surface area (Å²) in [4.78, 5) is 26.2. The van der Waals surface area contributed by atoms with E-state index >= 15 is 0 Å². The molecule has 0 aromatic heterocycles. The van der Waals surface area contributed by atoms with E-state index in [-0.39, 0.29) is 24.3 Å². The average Bonchev–Trinajstić information content (AvgIpc) is 3.28. The number of nitro groups is 1. The van der Waals surface area contributed by atoms with E-state index in [9.17, 15) is 23.3 Å². The summed E-state index contributed by atoms with van der Waals surface area (Å²) < 4.78 is 26.4. The minimum atomic E-state index is -3.90. The standard InChI is InChI=1S/C24H32N4O5S/c1-4-22(27(34(3,32)33)23-15-21(28(30)31)11-10-18(23)2)24(29)25-16-19-8-7-9-20(14-19)17-26-12-5-6-13-26/h7-11,14-15,22H,4-6,12-13,16-17H2,1-3H3,(H,25,29)/t22-/m0/s1. The zero-order valence-electron chi connectivity index (χ0n) is 19.9. The average molecular weight is 489 g/mol. The third kappa shape index (κ3) is 6.32. The molecule has 0 saturated carbocycles. The van der Waals surface area contributed by atoms with Gasteiger partial charge in [0.2, 0.25) is 15.9 Å². The van der Waals surface area contributed by atoms with Crippen LogP contribution in [-0.4, -0.2) is 49.5 Å². The predicted molar refractivity (Wildman–Crippen MR) is 132 cm³/mol. The van der Waals surface area contributed by atoms with Crippen molar-refractivity contribution in [2.24, 2.45) is 0 Å². The number of aryl methyl sites for hydroxylation is 1. The van der Waals surface area contributed by atoms with Gasteiger partial charge in [0.25, 0.3) is 5.69 Å². The minimum absolute atomic E-state index is 0.131. The molecule has 1 heterocycles. The number of carbonyl (C=O) groups is 1. The Bertz CT molecular complexity index is 1150. The molecule has 2 aromatic carbocycles. The number of likely N-dealkylation sites (tertiary alicyclic amines) is 1. The van der Waals surface area contributed by atoms with Crippen LogP contribution in [0.2, 0.25) is 0 Å². The van der Waals surface area contributed by atoms with E-state index in [0.29, 0.717) is 5.56 Å². The molecule has 0 bridgehead atoms. The Morgan fingerprint density at radius 1 is 1.18 bits per heavy atom. The van der Waals surface area contributed by atoms with Gasteiger partial charge in [0.15, 0.2) is 0 Å². The third-order valence-electron chi connectivity index (χ3n) is 6.03. The molecule has 0 aliphatic carbocycles. The summed E-state index contributed by atoms with van der Waals surface area (Å²) in [6.45, 7) is 6.69. The van der Waals surface area contributed by atoms with Crippen molar-refractivity contribution in [1.29, 1.82) is 0 Å². The van der Waals surface area contributed by atoms with E-state index in [2.05, 4.69) is 22.3 Å². The van der Waals surface area contributed by atoms with Crippen LogP contribution in [0.4, 0.5) is 11.4 Å².